The van der Waals surface area contributed by atoms with Gasteiger partial charge in [-0.05, 0) is 55.7 Å². The molecule has 0 saturated carbocycles. The summed E-state index contributed by atoms with van der Waals surface area (Å²) in [6.07, 6.45) is 0.475. The second kappa shape index (κ2) is 13.0. The first kappa shape index (κ1) is 27.1. The molecule has 0 radical (unpaired) electrons. The highest BCUT2D eigenvalue weighted by Gasteiger charge is 2.29. The van der Waals surface area contributed by atoms with Crippen LogP contribution in [0.1, 0.15) is 38.3 Å². The Morgan fingerprint density at radius 3 is 2.03 bits per heavy atom. The molecule has 2 amide bonds. The largest absolute Gasteiger partial charge is 0.352 e. The Kier molecular flexibility index (Phi) is 11.0. The second-order valence-electron chi connectivity index (χ2n) is 7.57. The average molecular weight is 536 g/mol. The van der Waals surface area contributed by atoms with Crippen LogP contribution in [0.4, 0.5) is 0 Å². The van der Waals surface area contributed by atoms with Crippen molar-refractivity contribution in [2.24, 2.45) is 0 Å². The van der Waals surface area contributed by atoms with Gasteiger partial charge in [0.2, 0.25) is 11.8 Å². The van der Waals surface area contributed by atoms with E-state index in [1.165, 1.54) is 11.8 Å². The fourth-order valence-electron chi connectivity index (χ4n) is 3.10. The first-order valence-electron chi connectivity index (χ1n) is 10.2. The monoisotopic (exact) mass is 534 g/mol. The van der Waals surface area contributed by atoms with Crippen molar-refractivity contribution < 1.29 is 9.59 Å². The van der Waals surface area contributed by atoms with Crippen LogP contribution in [0.25, 0.3) is 0 Å². The number of benzene rings is 2. The predicted molar refractivity (Wildman–Crippen MR) is 137 cm³/mol. The molecule has 0 heterocycles. The van der Waals surface area contributed by atoms with Crippen LogP contribution >= 0.6 is 58.2 Å². The minimum atomic E-state index is -0.614. The van der Waals surface area contributed by atoms with E-state index in [4.69, 9.17) is 46.4 Å². The highest BCUT2D eigenvalue weighted by Crippen LogP contribution is 2.27. The average Bonchev–Trinajstić information content (AvgIpc) is 2.70. The minimum Gasteiger partial charge on any atom is -0.352 e. The fourth-order valence-corrected chi connectivity index (χ4v) is 5.04. The van der Waals surface area contributed by atoms with Crippen LogP contribution in [0, 0.1) is 0 Å². The van der Waals surface area contributed by atoms with Crippen LogP contribution in [0.3, 0.4) is 0 Å². The molecule has 0 saturated heterocycles. The quantitative estimate of drug-likeness (QED) is 0.361. The standard InChI is InChI=1S/C23H26Cl4N2O2S/c1-4-21(23(31)28-14(2)3)29(11-15-5-7-17(24)9-19(15)26)22(30)13-32-12-16-6-8-18(25)10-20(16)27/h5-10,14,21H,4,11-13H2,1-3H3,(H,28,31). The van der Waals surface area contributed by atoms with Crippen LogP contribution in [-0.2, 0) is 21.9 Å². The van der Waals surface area contributed by atoms with Gasteiger partial charge in [0.25, 0.3) is 0 Å². The van der Waals surface area contributed by atoms with E-state index in [-0.39, 0.29) is 30.2 Å². The number of carbonyl (C=O) groups excluding carboxylic acids is 2. The van der Waals surface area contributed by atoms with Crippen LogP contribution < -0.4 is 5.32 Å². The molecule has 0 aliphatic carbocycles. The molecule has 2 aromatic carbocycles. The Bertz CT molecular complexity index is 956. The van der Waals surface area contributed by atoms with Gasteiger partial charge < -0.3 is 10.2 Å². The summed E-state index contributed by atoms with van der Waals surface area (Å²) in [6.45, 7) is 5.87. The number of nitrogens with zero attached hydrogens (tertiary/aromatic N) is 1. The van der Waals surface area contributed by atoms with E-state index in [1.54, 1.807) is 35.2 Å². The summed E-state index contributed by atoms with van der Waals surface area (Å²) < 4.78 is 0. The number of thioether (sulfide) groups is 1. The minimum absolute atomic E-state index is 0.0333. The predicted octanol–water partition coefficient (Wildman–Crippen LogP) is 6.87. The van der Waals surface area contributed by atoms with Gasteiger partial charge in [0.15, 0.2) is 0 Å². The summed E-state index contributed by atoms with van der Waals surface area (Å²) in [5, 5.41) is 5.00. The molecule has 2 rings (SSSR count). The van der Waals surface area contributed by atoms with Gasteiger partial charge in [-0.3, -0.25) is 9.59 Å². The molecule has 0 aromatic heterocycles. The Labute approximate surface area is 213 Å². The van der Waals surface area contributed by atoms with Crippen molar-refractivity contribution in [3.05, 3.63) is 67.6 Å². The van der Waals surface area contributed by atoms with Crippen molar-refractivity contribution in [1.29, 1.82) is 0 Å². The van der Waals surface area contributed by atoms with Crippen LogP contribution in [-0.4, -0.2) is 34.6 Å². The number of carbonyl (C=O) groups is 2. The molecule has 0 aliphatic rings. The molecule has 1 atom stereocenters. The van der Waals surface area contributed by atoms with Gasteiger partial charge in [-0.15, -0.1) is 11.8 Å². The zero-order valence-electron chi connectivity index (χ0n) is 18.1. The molecular formula is C23H26Cl4N2O2S. The number of amides is 2. The van der Waals surface area contributed by atoms with Crippen molar-refractivity contribution in [1.82, 2.24) is 10.2 Å². The molecule has 1 N–H and O–H groups in total. The molecule has 1 unspecified atom stereocenters. The number of halogens is 4. The summed E-state index contributed by atoms with van der Waals surface area (Å²) in [6, 6.07) is 9.77. The van der Waals surface area contributed by atoms with Crippen molar-refractivity contribution in [3.8, 4) is 0 Å². The molecule has 0 bridgehead atoms. The fraction of sp³-hybridized carbons (Fsp3) is 0.391. The lowest BCUT2D eigenvalue weighted by Gasteiger charge is -2.31. The third-order valence-corrected chi connectivity index (χ3v) is 6.81. The lowest BCUT2D eigenvalue weighted by Crippen LogP contribution is -2.51. The van der Waals surface area contributed by atoms with Gasteiger partial charge in [0.1, 0.15) is 6.04 Å². The third kappa shape index (κ3) is 8.03. The Morgan fingerprint density at radius 2 is 1.53 bits per heavy atom. The Balaban J connectivity index is 2.19. The molecule has 9 heteroatoms. The van der Waals surface area contributed by atoms with Crippen molar-refractivity contribution >= 4 is 70.0 Å². The highest BCUT2D eigenvalue weighted by molar-refractivity contribution is 7.99. The normalized spacial score (nSPS) is 12.0. The van der Waals surface area contributed by atoms with E-state index in [0.29, 0.717) is 32.3 Å². The van der Waals surface area contributed by atoms with Crippen molar-refractivity contribution in [2.45, 2.75) is 51.6 Å². The highest BCUT2D eigenvalue weighted by atomic mass is 35.5. The zero-order valence-corrected chi connectivity index (χ0v) is 22.0. The van der Waals surface area contributed by atoms with Crippen LogP contribution in [0.2, 0.25) is 20.1 Å². The maximum Gasteiger partial charge on any atom is 0.243 e. The Morgan fingerprint density at radius 1 is 0.969 bits per heavy atom. The lowest BCUT2D eigenvalue weighted by molar-refractivity contribution is -0.139. The molecule has 0 aliphatic heterocycles. The molecule has 0 fully saturated rings. The SMILES string of the molecule is CCC(C(=O)NC(C)C)N(Cc1ccc(Cl)cc1Cl)C(=O)CSCc1ccc(Cl)cc1Cl. The third-order valence-electron chi connectivity index (χ3n) is 4.67. The first-order valence-corrected chi connectivity index (χ1v) is 12.8. The van der Waals surface area contributed by atoms with Crippen molar-refractivity contribution in [3.63, 3.8) is 0 Å². The van der Waals surface area contributed by atoms with Gasteiger partial charge in [0.05, 0.1) is 5.75 Å². The molecule has 2 aromatic rings. The van der Waals surface area contributed by atoms with Crippen molar-refractivity contribution in [2.75, 3.05) is 5.75 Å². The van der Waals surface area contributed by atoms with E-state index < -0.39 is 6.04 Å². The number of hydrogen-bond donors (Lipinski definition) is 1. The Hall–Kier alpha value is -1.11. The van der Waals surface area contributed by atoms with Crippen LogP contribution in [0.5, 0.6) is 0 Å². The first-order chi connectivity index (χ1) is 15.1. The van der Waals surface area contributed by atoms with E-state index in [2.05, 4.69) is 5.32 Å². The topological polar surface area (TPSA) is 49.4 Å². The van der Waals surface area contributed by atoms with Crippen LogP contribution in [0.15, 0.2) is 36.4 Å². The maximum absolute atomic E-state index is 13.2. The zero-order chi connectivity index (χ0) is 23.8. The summed E-state index contributed by atoms with van der Waals surface area (Å²) in [7, 11) is 0. The van der Waals surface area contributed by atoms with Gasteiger partial charge in [0, 0.05) is 38.4 Å². The van der Waals surface area contributed by atoms with Gasteiger partial charge in [-0.2, -0.15) is 0 Å². The van der Waals surface area contributed by atoms with E-state index >= 15 is 0 Å². The van der Waals surface area contributed by atoms with Gasteiger partial charge in [-0.1, -0.05) is 65.5 Å². The number of rotatable bonds is 10. The smallest absolute Gasteiger partial charge is 0.243 e. The molecule has 0 spiro atoms. The summed E-state index contributed by atoms with van der Waals surface area (Å²) in [4.78, 5) is 27.7. The molecule has 4 nitrogen and oxygen atoms in total. The second-order valence-corrected chi connectivity index (χ2v) is 10.2. The van der Waals surface area contributed by atoms with Gasteiger partial charge >= 0.3 is 0 Å². The molecular weight excluding hydrogens is 510 g/mol. The van der Waals surface area contributed by atoms with E-state index in [9.17, 15) is 9.59 Å². The number of nitrogens with one attached hydrogen (secondary N) is 1. The lowest BCUT2D eigenvalue weighted by atomic mass is 10.1. The van der Waals surface area contributed by atoms with E-state index in [1.807, 2.05) is 26.8 Å². The molecule has 32 heavy (non-hydrogen) atoms. The number of hydrogen-bond acceptors (Lipinski definition) is 3. The summed E-state index contributed by atoms with van der Waals surface area (Å²) >= 11 is 26.0. The van der Waals surface area contributed by atoms with E-state index in [0.717, 1.165) is 11.1 Å². The maximum atomic E-state index is 13.2. The summed E-state index contributed by atoms with van der Waals surface area (Å²) in [5.74, 6) is 0.394. The van der Waals surface area contributed by atoms with Gasteiger partial charge in [-0.25, -0.2) is 0 Å². The summed E-state index contributed by atoms with van der Waals surface area (Å²) in [5.41, 5.74) is 1.62. The molecule has 174 valence electrons.